The lowest BCUT2D eigenvalue weighted by Crippen LogP contribution is -2.20. The molecule has 0 aromatic heterocycles. The van der Waals surface area contributed by atoms with E-state index in [4.69, 9.17) is 0 Å². The monoisotopic (exact) mass is 291 g/mol. The van der Waals surface area contributed by atoms with E-state index in [0.29, 0.717) is 6.04 Å². The van der Waals surface area contributed by atoms with Crippen LogP contribution in [0.2, 0.25) is 0 Å². The summed E-state index contributed by atoms with van der Waals surface area (Å²) in [5.74, 6) is -0.0996. The van der Waals surface area contributed by atoms with Crippen LogP contribution in [0.25, 0.3) is 0 Å². The van der Waals surface area contributed by atoms with Gasteiger partial charge in [-0.2, -0.15) is 0 Å². The van der Waals surface area contributed by atoms with Crippen molar-refractivity contribution in [2.45, 2.75) is 77.2 Å². The zero-order valence-corrected chi connectivity index (χ0v) is 13.5. The van der Waals surface area contributed by atoms with Crippen LogP contribution in [0.3, 0.4) is 0 Å². The minimum atomic E-state index is -0.0996. The average molecular weight is 291 g/mol. The van der Waals surface area contributed by atoms with Crippen LogP contribution < -0.4 is 5.32 Å². The minimum absolute atomic E-state index is 0.0996. The Hall–Kier alpha value is -0.890. The summed E-state index contributed by atoms with van der Waals surface area (Å²) >= 11 is 0. The van der Waals surface area contributed by atoms with Gasteiger partial charge in [-0.1, -0.05) is 57.9 Å². The molecule has 0 amide bonds. The molecule has 0 saturated carbocycles. The summed E-state index contributed by atoms with van der Waals surface area (Å²) in [6, 6.07) is 5.70. The Balaban J connectivity index is 1.55. The summed E-state index contributed by atoms with van der Waals surface area (Å²) in [7, 11) is 0. The van der Waals surface area contributed by atoms with Crippen LogP contribution in [-0.4, -0.2) is 6.54 Å². The van der Waals surface area contributed by atoms with Crippen molar-refractivity contribution < 1.29 is 4.39 Å². The van der Waals surface area contributed by atoms with E-state index in [1.54, 1.807) is 12.1 Å². The summed E-state index contributed by atoms with van der Waals surface area (Å²) in [5.41, 5.74) is 2.51. The maximum absolute atomic E-state index is 13.2. The molecule has 2 rings (SSSR count). The molecule has 21 heavy (non-hydrogen) atoms. The van der Waals surface area contributed by atoms with Crippen molar-refractivity contribution in [1.82, 2.24) is 5.32 Å². The fourth-order valence-corrected chi connectivity index (χ4v) is 3.33. The Morgan fingerprint density at radius 3 is 2.52 bits per heavy atom. The highest BCUT2D eigenvalue weighted by Crippen LogP contribution is 2.31. The van der Waals surface area contributed by atoms with E-state index in [9.17, 15) is 4.39 Å². The second-order valence-electron chi connectivity index (χ2n) is 6.36. The minimum Gasteiger partial charge on any atom is -0.310 e. The van der Waals surface area contributed by atoms with Gasteiger partial charge in [-0.25, -0.2) is 4.39 Å². The number of halogens is 1. The molecule has 1 aromatic rings. The Kier molecular flexibility index (Phi) is 7.21. The van der Waals surface area contributed by atoms with Crippen molar-refractivity contribution in [3.05, 3.63) is 35.1 Å². The smallest absolute Gasteiger partial charge is 0.123 e. The number of fused-ring (bicyclic) bond motifs is 1. The van der Waals surface area contributed by atoms with E-state index >= 15 is 0 Å². The molecule has 1 aromatic carbocycles. The number of aryl methyl sites for hydroxylation is 1. The lowest BCUT2D eigenvalue weighted by Gasteiger charge is -2.14. The topological polar surface area (TPSA) is 12.0 Å². The highest BCUT2D eigenvalue weighted by molar-refractivity contribution is 5.34. The Labute approximate surface area is 129 Å². The van der Waals surface area contributed by atoms with Crippen LogP contribution >= 0.6 is 0 Å². The zero-order chi connectivity index (χ0) is 14.9. The van der Waals surface area contributed by atoms with Crippen molar-refractivity contribution in [3.63, 3.8) is 0 Å². The van der Waals surface area contributed by atoms with E-state index in [2.05, 4.69) is 12.2 Å². The predicted octanol–water partition coefficient (Wildman–Crippen LogP) is 5.54. The fraction of sp³-hybridized carbons (Fsp3) is 0.684. The standard InChI is InChI=1S/C19H30FN/c1-2-3-4-5-6-7-8-9-14-21-19-13-10-16-15-17(20)11-12-18(16)19/h11-12,15,19,21H,2-10,13-14H2,1H3. The van der Waals surface area contributed by atoms with Crippen LogP contribution in [0.15, 0.2) is 18.2 Å². The predicted molar refractivity (Wildman–Crippen MR) is 88.1 cm³/mol. The number of hydrogen-bond acceptors (Lipinski definition) is 1. The molecule has 1 atom stereocenters. The summed E-state index contributed by atoms with van der Waals surface area (Å²) in [6.07, 6.45) is 13.0. The molecular formula is C19H30FN. The molecule has 0 saturated heterocycles. The van der Waals surface area contributed by atoms with Crippen molar-refractivity contribution in [1.29, 1.82) is 0 Å². The first-order valence-electron chi connectivity index (χ1n) is 8.83. The van der Waals surface area contributed by atoms with Gasteiger partial charge in [0.05, 0.1) is 0 Å². The SMILES string of the molecule is CCCCCCCCCCNC1CCc2cc(F)ccc21. The van der Waals surface area contributed by atoms with Crippen LogP contribution in [0.5, 0.6) is 0 Å². The molecule has 0 aliphatic heterocycles. The molecule has 0 heterocycles. The van der Waals surface area contributed by atoms with Gasteiger partial charge >= 0.3 is 0 Å². The molecule has 118 valence electrons. The van der Waals surface area contributed by atoms with Crippen LogP contribution in [0, 0.1) is 5.82 Å². The maximum Gasteiger partial charge on any atom is 0.123 e. The molecule has 1 aliphatic rings. The number of unbranched alkanes of at least 4 members (excludes halogenated alkanes) is 7. The highest BCUT2D eigenvalue weighted by atomic mass is 19.1. The van der Waals surface area contributed by atoms with Crippen LogP contribution in [0.4, 0.5) is 4.39 Å². The van der Waals surface area contributed by atoms with E-state index in [1.807, 2.05) is 6.07 Å². The molecular weight excluding hydrogens is 261 g/mol. The molecule has 1 aliphatic carbocycles. The van der Waals surface area contributed by atoms with Crippen LogP contribution in [-0.2, 0) is 6.42 Å². The molecule has 1 N–H and O–H groups in total. The molecule has 1 unspecified atom stereocenters. The molecule has 0 spiro atoms. The quantitative estimate of drug-likeness (QED) is 0.558. The van der Waals surface area contributed by atoms with Gasteiger partial charge in [0.15, 0.2) is 0 Å². The van der Waals surface area contributed by atoms with Gasteiger partial charge in [0.25, 0.3) is 0 Å². The summed E-state index contributed by atoms with van der Waals surface area (Å²) < 4.78 is 13.2. The fourth-order valence-electron chi connectivity index (χ4n) is 3.33. The van der Waals surface area contributed by atoms with Crippen molar-refractivity contribution in [3.8, 4) is 0 Å². The number of benzene rings is 1. The third-order valence-electron chi connectivity index (χ3n) is 4.60. The molecule has 0 bridgehead atoms. The lowest BCUT2D eigenvalue weighted by atomic mass is 10.1. The maximum atomic E-state index is 13.2. The van der Waals surface area contributed by atoms with Crippen LogP contribution in [0.1, 0.15) is 81.9 Å². The van der Waals surface area contributed by atoms with Gasteiger partial charge < -0.3 is 5.32 Å². The number of nitrogens with one attached hydrogen (secondary N) is 1. The second kappa shape index (κ2) is 9.19. The largest absolute Gasteiger partial charge is 0.310 e. The van der Waals surface area contributed by atoms with E-state index in [-0.39, 0.29) is 5.82 Å². The Morgan fingerprint density at radius 2 is 1.76 bits per heavy atom. The summed E-state index contributed by atoms with van der Waals surface area (Å²) in [4.78, 5) is 0. The molecule has 0 radical (unpaired) electrons. The van der Waals surface area contributed by atoms with Crippen molar-refractivity contribution in [2.24, 2.45) is 0 Å². The van der Waals surface area contributed by atoms with Gasteiger partial charge in [-0.3, -0.25) is 0 Å². The van der Waals surface area contributed by atoms with E-state index in [0.717, 1.165) is 19.4 Å². The normalized spacial score (nSPS) is 17.1. The Bertz CT molecular complexity index is 416. The van der Waals surface area contributed by atoms with Gasteiger partial charge in [0, 0.05) is 6.04 Å². The summed E-state index contributed by atoms with van der Waals surface area (Å²) in [6.45, 7) is 3.36. The average Bonchev–Trinajstić information content (AvgIpc) is 2.88. The highest BCUT2D eigenvalue weighted by Gasteiger charge is 2.21. The molecule has 2 heteroatoms. The number of hydrogen-bond donors (Lipinski definition) is 1. The lowest BCUT2D eigenvalue weighted by molar-refractivity contribution is 0.498. The first kappa shape index (κ1) is 16.5. The summed E-state index contributed by atoms with van der Waals surface area (Å²) in [5, 5.41) is 3.65. The zero-order valence-electron chi connectivity index (χ0n) is 13.5. The Morgan fingerprint density at radius 1 is 1.05 bits per heavy atom. The van der Waals surface area contributed by atoms with Gasteiger partial charge in [-0.15, -0.1) is 0 Å². The van der Waals surface area contributed by atoms with Gasteiger partial charge in [0.1, 0.15) is 5.82 Å². The van der Waals surface area contributed by atoms with Crippen molar-refractivity contribution in [2.75, 3.05) is 6.54 Å². The van der Waals surface area contributed by atoms with E-state index < -0.39 is 0 Å². The van der Waals surface area contributed by atoms with Gasteiger partial charge in [0.2, 0.25) is 0 Å². The first-order chi connectivity index (χ1) is 10.3. The van der Waals surface area contributed by atoms with E-state index in [1.165, 1.54) is 62.5 Å². The third kappa shape index (κ3) is 5.43. The second-order valence-corrected chi connectivity index (χ2v) is 6.36. The first-order valence-corrected chi connectivity index (χ1v) is 8.83. The molecule has 1 nitrogen and oxygen atoms in total. The third-order valence-corrected chi connectivity index (χ3v) is 4.60. The molecule has 0 fully saturated rings. The number of rotatable bonds is 10. The van der Waals surface area contributed by atoms with Crippen molar-refractivity contribution >= 4 is 0 Å². The van der Waals surface area contributed by atoms with Gasteiger partial charge in [-0.05, 0) is 49.1 Å².